The van der Waals surface area contributed by atoms with Crippen molar-refractivity contribution in [2.45, 2.75) is 19.9 Å². The number of benzene rings is 1. The van der Waals surface area contributed by atoms with Crippen LogP contribution in [-0.2, 0) is 16.0 Å². The first-order chi connectivity index (χ1) is 15.7. The van der Waals surface area contributed by atoms with Gasteiger partial charge in [-0.2, -0.15) is 4.98 Å². The molecule has 3 aliphatic heterocycles. The number of para-hydroxylation sites is 2. The van der Waals surface area contributed by atoms with Gasteiger partial charge in [-0.15, -0.1) is 0 Å². The van der Waals surface area contributed by atoms with E-state index >= 15 is 0 Å². The summed E-state index contributed by atoms with van der Waals surface area (Å²) in [6.45, 7) is 9.18. The van der Waals surface area contributed by atoms with E-state index in [0.29, 0.717) is 43.8 Å². The predicted octanol–water partition coefficient (Wildman–Crippen LogP) is 2.26. The fourth-order valence-electron chi connectivity index (χ4n) is 4.46. The van der Waals surface area contributed by atoms with Crippen LogP contribution in [0.1, 0.15) is 29.4 Å². The molecule has 0 saturated carbocycles. The molecule has 0 atom stereocenters. The zero-order valence-corrected chi connectivity index (χ0v) is 18.5. The molecule has 9 nitrogen and oxygen atoms in total. The van der Waals surface area contributed by atoms with Crippen molar-refractivity contribution >= 4 is 29.0 Å². The van der Waals surface area contributed by atoms with E-state index in [1.165, 1.54) is 0 Å². The minimum atomic E-state index is -0.0109. The molecule has 170 valence electrons. The van der Waals surface area contributed by atoms with Crippen molar-refractivity contribution in [1.82, 2.24) is 14.9 Å². The third-order valence-electron chi connectivity index (χ3n) is 6.13. The van der Waals surface area contributed by atoms with Gasteiger partial charge in [0.2, 0.25) is 5.95 Å². The number of nitrogens with zero attached hydrogens (tertiary/aromatic N) is 5. The summed E-state index contributed by atoms with van der Waals surface area (Å²) in [6, 6.07) is 8.25. The van der Waals surface area contributed by atoms with Gasteiger partial charge in [0, 0.05) is 38.3 Å². The molecule has 1 aromatic carbocycles. The molecule has 3 aliphatic rings. The van der Waals surface area contributed by atoms with Crippen molar-refractivity contribution in [3.63, 3.8) is 0 Å². The number of hydrogen-bond donors (Lipinski definition) is 1. The Morgan fingerprint density at radius 3 is 2.38 bits per heavy atom. The summed E-state index contributed by atoms with van der Waals surface area (Å²) in [5.74, 6) is 1.29. The highest BCUT2D eigenvalue weighted by atomic mass is 16.5. The van der Waals surface area contributed by atoms with E-state index < -0.39 is 0 Å². The number of nitrogens with one attached hydrogen (secondary N) is 1. The van der Waals surface area contributed by atoms with Crippen LogP contribution in [0, 0.1) is 0 Å². The normalized spacial score (nSPS) is 18.8. The first-order valence-electron chi connectivity index (χ1n) is 11.5. The maximum atomic E-state index is 13.1. The summed E-state index contributed by atoms with van der Waals surface area (Å²) in [7, 11) is 0. The van der Waals surface area contributed by atoms with Gasteiger partial charge < -0.3 is 29.5 Å². The van der Waals surface area contributed by atoms with Crippen LogP contribution in [0.25, 0.3) is 0 Å². The molecule has 2 saturated heterocycles. The van der Waals surface area contributed by atoms with Crippen molar-refractivity contribution in [3.8, 4) is 0 Å². The molecule has 5 rings (SSSR count). The molecule has 9 heteroatoms. The number of amides is 1. The van der Waals surface area contributed by atoms with Crippen LogP contribution < -0.4 is 15.1 Å². The van der Waals surface area contributed by atoms with Crippen LogP contribution in [0.2, 0.25) is 0 Å². The van der Waals surface area contributed by atoms with Gasteiger partial charge in [0.15, 0.2) is 0 Å². The maximum absolute atomic E-state index is 13.1. The van der Waals surface area contributed by atoms with Crippen LogP contribution in [0.3, 0.4) is 0 Å². The number of anilines is 4. The highest BCUT2D eigenvalue weighted by Crippen LogP contribution is 2.34. The molecule has 1 aromatic heterocycles. The lowest BCUT2D eigenvalue weighted by Crippen LogP contribution is -2.37. The molecule has 2 fully saturated rings. The van der Waals surface area contributed by atoms with Gasteiger partial charge in [-0.25, -0.2) is 4.98 Å². The van der Waals surface area contributed by atoms with E-state index in [4.69, 9.17) is 19.4 Å². The molecule has 1 N–H and O–H groups in total. The quantitative estimate of drug-likeness (QED) is 0.736. The van der Waals surface area contributed by atoms with Crippen molar-refractivity contribution in [2.24, 2.45) is 0 Å². The van der Waals surface area contributed by atoms with E-state index in [2.05, 4.69) is 34.2 Å². The smallest absolute Gasteiger partial charge is 0.273 e. The number of fused-ring (bicyclic) bond motifs is 1. The molecule has 2 aromatic rings. The summed E-state index contributed by atoms with van der Waals surface area (Å²) in [4.78, 5) is 29.0. The van der Waals surface area contributed by atoms with Gasteiger partial charge >= 0.3 is 0 Å². The molecular formula is C23H30N6O3. The van der Waals surface area contributed by atoms with Crippen LogP contribution in [-0.4, -0.2) is 79.9 Å². The van der Waals surface area contributed by atoms with Crippen molar-refractivity contribution in [3.05, 3.63) is 35.5 Å². The molecule has 0 aliphatic carbocycles. The lowest BCUT2D eigenvalue weighted by atomic mass is 10.2. The second kappa shape index (κ2) is 9.30. The molecule has 0 bridgehead atoms. The first kappa shape index (κ1) is 21.0. The molecule has 4 heterocycles. The Hall–Kier alpha value is -2.91. The number of ether oxygens (including phenoxy) is 2. The highest BCUT2D eigenvalue weighted by Gasteiger charge is 2.33. The third kappa shape index (κ3) is 4.10. The largest absolute Gasteiger partial charge is 0.378 e. The number of carbonyl (C=O) groups is 1. The fourth-order valence-corrected chi connectivity index (χ4v) is 4.46. The fraction of sp³-hybridized carbons (Fsp3) is 0.522. The van der Waals surface area contributed by atoms with Crippen LogP contribution in [0.4, 0.5) is 23.1 Å². The minimum absolute atomic E-state index is 0.0109. The van der Waals surface area contributed by atoms with E-state index in [0.717, 1.165) is 62.8 Å². The average Bonchev–Trinajstić information content (AvgIpc) is 3.16. The van der Waals surface area contributed by atoms with E-state index in [9.17, 15) is 4.79 Å². The molecule has 0 radical (unpaired) electrons. The molecular weight excluding hydrogens is 408 g/mol. The van der Waals surface area contributed by atoms with Gasteiger partial charge in [-0.1, -0.05) is 19.1 Å². The van der Waals surface area contributed by atoms with E-state index in [-0.39, 0.29) is 5.91 Å². The third-order valence-corrected chi connectivity index (χ3v) is 6.13. The van der Waals surface area contributed by atoms with Gasteiger partial charge in [0.1, 0.15) is 11.5 Å². The number of morpholine rings is 2. The summed E-state index contributed by atoms with van der Waals surface area (Å²) in [5, 5.41) is 3.56. The zero-order chi connectivity index (χ0) is 21.9. The Morgan fingerprint density at radius 1 is 0.969 bits per heavy atom. The second-order valence-electron chi connectivity index (χ2n) is 8.27. The monoisotopic (exact) mass is 438 g/mol. The van der Waals surface area contributed by atoms with Crippen LogP contribution in [0.5, 0.6) is 0 Å². The van der Waals surface area contributed by atoms with Gasteiger partial charge in [-0.05, 0) is 18.6 Å². The first-order valence-corrected chi connectivity index (χ1v) is 11.5. The summed E-state index contributed by atoms with van der Waals surface area (Å²) >= 11 is 0. The van der Waals surface area contributed by atoms with Crippen LogP contribution >= 0.6 is 0 Å². The minimum Gasteiger partial charge on any atom is -0.378 e. The summed E-state index contributed by atoms with van der Waals surface area (Å²) in [6.07, 6.45) is 0.909. The average molecular weight is 439 g/mol. The van der Waals surface area contributed by atoms with Crippen molar-refractivity contribution < 1.29 is 14.3 Å². The lowest BCUT2D eigenvalue weighted by Gasteiger charge is -2.31. The Morgan fingerprint density at radius 2 is 1.66 bits per heavy atom. The topological polar surface area (TPSA) is 83.1 Å². The molecule has 32 heavy (non-hydrogen) atoms. The van der Waals surface area contributed by atoms with Gasteiger partial charge in [-0.3, -0.25) is 4.79 Å². The second-order valence-corrected chi connectivity index (χ2v) is 8.27. The number of rotatable bonds is 6. The van der Waals surface area contributed by atoms with Crippen molar-refractivity contribution in [2.75, 3.05) is 74.3 Å². The van der Waals surface area contributed by atoms with E-state index in [1.54, 1.807) is 0 Å². The molecule has 0 unspecified atom stereocenters. The lowest BCUT2D eigenvalue weighted by molar-refractivity contribution is 0.0774. The predicted molar refractivity (Wildman–Crippen MR) is 123 cm³/mol. The SMILES string of the molecule is CCCN1Cc2c(Nc3ccccc3N3CCOCC3)nc(N3CCOCC3)nc2C1=O. The molecule has 1 amide bonds. The van der Waals surface area contributed by atoms with Crippen LogP contribution in [0.15, 0.2) is 24.3 Å². The standard InChI is InChI=1S/C23H30N6O3/c1-2-7-29-16-17-20(22(29)30)25-23(28-10-14-32-15-11-28)26-21(17)24-18-5-3-4-6-19(18)27-8-12-31-13-9-27/h3-6H,2,7-16H2,1H3,(H,24,25,26). The Balaban J connectivity index is 1.52. The highest BCUT2D eigenvalue weighted by molar-refractivity contribution is 5.98. The summed E-state index contributed by atoms with van der Waals surface area (Å²) in [5.41, 5.74) is 3.48. The number of hydrogen-bond acceptors (Lipinski definition) is 8. The van der Waals surface area contributed by atoms with Crippen molar-refractivity contribution in [1.29, 1.82) is 0 Å². The molecule has 0 spiro atoms. The van der Waals surface area contributed by atoms with Gasteiger partial charge in [0.05, 0.1) is 44.3 Å². The maximum Gasteiger partial charge on any atom is 0.273 e. The van der Waals surface area contributed by atoms with Gasteiger partial charge in [0.25, 0.3) is 5.91 Å². The number of aromatic nitrogens is 2. The van der Waals surface area contributed by atoms with E-state index in [1.807, 2.05) is 17.0 Å². The Kier molecular flexibility index (Phi) is 6.09. The summed E-state index contributed by atoms with van der Waals surface area (Å²) < 4.78 is 11.0. The number of carbonyl (C=O) groups excluding carboxylic acids is 1. The Labute approximate surface area is 188 Å². The zero-order valence-electron chi connectivity index (χ0n) is 18.5. The Bertz CT molecular complexity index is 972.